The molecule has 0 aliphatic carbocycles. The summed E-state index contributed by atoms with van der Waals surface area (Å²) in [7, 11) is 2.09. The zero-order valence-corrected chi connectivity index (χ0v) is 15.8. The lowest BCUT2D eigenvalue weighted by atomic mass is 10.0. The van der Waals surface area contributed by atoms with Gasteiger partial charge in [0.15, 0.2) is 0 Å². The van der Waals surface area contributed by atoms with Crippen molar-refractivity contribution in [2.24, 2.45) is 5.92 Å². The Kier molecular flexibility index (Phi) is 7.29. The number of benzene rings is 1. The number of unbranched alkanes of at least 4 members (excludes halogenated alkanes) is 3. The highest BCUT2D eigenvalue weighted by molar-refractivity contribution is 8.08. The fourth-order valence-electron chi connectivity index (χ4n) is 2.91. The highest BCUT2D eigenvalue weighted by atomic mass is 32.2. The summed E-state index contributed by atoms with van der Waals surface area (Å²) in [5.74, 6) is 2.11. The quantitative estimate of drug-likeness (QED) is 0.462. The number of fused-ring (bicyclic) bond motifs is 1. The molecule has 0 saturated carbocycles. The minimum Gasteiger partial charge on any atom is -0.345 e. The summed E-state index contributed by atoms with van der Waals surface area (Å²) in [4.78, 5) is 3.55. The minimum absolute atomic E-state index is 0.899. The van der Waals surface area contributed by atoms with Crippen LogP contribution in [-0.2, 0) is 0 Å². The molecule has 1 aliphatic heterocycles. The van der Waals surface area contributed by atoms with Gasteiger partial charge in [-0.1, -0.05) is 70.7 Å². The first kappa shape index (κ1) is 18.2. The van der Waals surface area contributed by atoms with Crippen LogP contribution < -0.4 is 4.90 Å². The van der Waals surface area contributed by atoms with Gasteiger partial charge in [0.1, 0.15) is 0 Å². The van der Waals surface area contributed by atoms with E-state index in [0.717, 1.165) is 11.6 Å². The molecule has 1 aromatic rings. The third-order valence-corrected chi connectivity index (χ3v) is 5.95. The molecule has 2 rings (SSSR count). The van der Waals surface area contributed by atoms with Crippen LogP contribution >= 0.6 is 11.8 Å². The maximum Gasteiger partial charge on any atom is 0.0492 e. The van der Waals surface area contributed by atoms with E-state index < -0.39 is 0 Å². The molecule has 1 atom stereocenters. The number of hydrogen-bond donors (Lipinski definition) is 0. The molecular weight excluding hydrogens is 298 g/mol. The number of rotatable bonds is 9. The van der Waals surface area contributed by atoms with Crippen LogP contribution in [0.25, 0.3) is 4.91 Å². The molecule has 1 aromatic carbocycles. The molecule has 0 fully saturated rings. The van der Waals surface area contributed by atoms with Gasteiger partial charge in [-0.05, 0) is 30.2 Å². The van der Waals surface area contributed by atoms with Crippen molar-refractivity contribution < 1.29 is 0 Å². The molecular formula is C21H31NS. The normalized spacial score (nSPS) is 15.3. The Labute approximate surface area is 146 Å². The summed E-state index contributed by atoms with van der Waals surface area (Å²) >= 11 is 1.99. The van der Waals surface area contributed by atoms with E-state index in [1.807, 2.05) is 11.8 Å². The molecule has 0 bridgehead atoms. The van der Waals surface area contributed by atoms with Crippen molar-refractivity contribution in [2.45, 2.75) is 52.4 Å². The van der Waals surface area contributed by atoms with Crippen LogP contribution in [0.5, 0.6) is 0 Å². The van der Waals surface area contributed by atoms with E-state index in [9.17, 15) is 0 Å². The Balaban J connectivity index is 1.76. The van der Waals surface area contributed by atoms with Gasteiger partial charge in [0.25, 0.3) is 0 Å². The maximum atomic E-state index is 4.17. The highest BCUT2D eigenvalue weighted by Gasteiger charge is 2.18. The smallest absolute Gasteiger partial charge is 0.0492 e. The minimum atomic E-state index is 0.899. The summed E-state index contributed by atoms with van der Waals surface area (Å²) < 4.78 is 0. The van der Waals surface area contributed by atoms with Crippen LogP contribution in [0.3, 0.4) is 0 Å². The molecule has 0 N–H and O–H groups in total. The van der Waals surface area contributed by atoms with Crippen molar-refractivity contribution in [3.63, 3.8) is 0 Å². The van der Waals surface area contributed by atoms with Crippen molar-refractivity contribution in [1.29, 1.82) is 0 Å². The Morgan fingerprint density at radius 2 is 1.87 bits per heavy atom. The molecule has 0 saturated heterocycles. The Bertz CT molecular complexity index is 547. The lowest BCUT2D eigenvalue weighted by Gasteiger charge is -2.28. The van der Waals surface area contributed by atoms with E-state index in [0.29, 0.717) is 0 Å². The number of thioether (sulfide) groups is 1. The van der Waals surface area contributed by atoms with Crippen molar-refractivity contribution in [3.8, 4) is 0 Å². The zero-order chi connectivity index (χ0) is 16.7. The van der Waals surface area contributed by atoms with Crippen LogP contribution in [0.2, 0.25) is 0 Å². The number of para-hydroxylation sites is 1. The van der Waals surface area contributed by atoms with Gasteiger partial charge in [-0.15, -0.1) is 11.8 Å². The zero-order valence-electron chi connectivity index (χ0n) is 15.0. The average molecular weight is 330 g/mol. The second-order valence-electron chi connectivity index (χ2n) is 6.64. The first-order valence-electron chi connectivity index (χ1n) is 9.00. The molecule has 1 heterocycles. The fourth-order valence-corrected chi connectivity index (χ4v) is 4.03. The SMILES string of the molecule is C=C1C=C(SCCCCCCC(C)CC)c2ccccc2N1C. The number of hydrogen-bond acceptors (Lipinski definition) is 2. The van der Waals surface area contributed by atoms with Crippen LogP contribution in [0.4, 0.5) is 5.69 Å². The number of likely N-dealkylation sites (N-methyl/N-ethyl adjacent to an activating group) is 1. The predicted octanol–water partition coefficient (Wildman–Crippen LogP) is 6.72. The lowest BCUT2D eigenvalue weighted by Crippen LogP contribution is -2.18. The van der Waals surface area contributed by atoms with Gasteiger partial charge >= 0.3 is 0 Å². The molecule has 0 spiro atoms. The summed E-state index contributed by atoms with van der Waals surface area (Å²) in [5, 5.41) is 0. The second kappa shape index (κ2) is 9.22. The summed E-state index contributed by atoms with van der Waals surface area (Å²) in [6.45, 7) is 8.84. The summed E-state index contributed by atoms with van der Waals surface area (Å²) in [5.41, 5.74) is 3.71. The van der Waals surface area contributed by atoms with Crippen molar-refractivity contribution in [2.75, 3.05) is 17.7 Å². The summed E-state index contributed by atoms with van der Waals surface area (Å²) in [6, 6.07) is 8.64. The van der Waals surface area contributed by atoms with E-state index in [2.05, 4.69) is 62.7 Å². The van der Waals surface area contributed by atoms with Gasteiger partial charge in [-0.3, -0.25) is 0 Å². The molecule has 0 amide bonds. The monoisotopic (exact) mass is 329 g/mol. The van der Waals surface area contributed by atoms with Crippen LogP contribution in [0.1, 0.15) is 57.9 Å². The number of nitrogens with zero attached hydrogens (tertiary/aromatic N) is 1. The average Bonchev–Trinajstić information content (AvgIpc) is 2.58. The second-order valence-corrected chi connectivity index (χ2v) is 7.78. The third kappa shape index (κ3) is 5.17. The van der Waals surface area contributed by atoms with Crippen LogP contribution in [0, 0.1) is 5.92 Å². The predicted molar refractivity (Wildman–Crippen MR) is 107 cm³/mol. The van der Waals surface area contributed by atoms with E-state index in [1.165, 1.54) is 60.4 Å². The summed E-state index contributed by atoms with van der Waals surface area (Å²) in [6.07, 6.45) is 10.4. The van der Waals surface area contributed by atoms with Crippen molar-refractivity contribution in [1.82, 2.24) is 0 Å². The van der Waals surface area contributed by atoms with Gasteiger partial charge in [0.05, 0.1) is 0 Å². The molecule has 2 heteroatoms. The van der Waals surface area contributed by atoms with Gasteiger partial charge < -0.3 is 4.90 Å². The standard InChI is InChI=1S/C21H31NS/c1-5-17(2)12-8-6-7-11-15-23-21-16-18(3)22(4)20-14-10-9-13-19(20)21/h9-10,13-14,16-17H,3,5-8,11-12,15H2,1-2,4H3. The molecule has 0 radical (unpaired) electrons. The van der Waals surface area contributed by atoms with Gasteiger partial charge in [-0.2, -0.15) is 0 Å². The molecule has 0 aromatic heterocycles. The van der Waals surface area contributed by atoms with Gasteiger partial charge in [0.2, 0.25) is 0 Å². The lowest BCUT2D eigenvalue weighted by molar-refractivity contribution is 0.477. The molecule has 23 heavy (non-hydrogen) atoms. The Hall–Kier alpha value is -1.15. The molecule has 126 valence electrons. The van der Waals surface area contributed by atoms with Crippen LogP contribution in [-0.4, -0.2) is 12.8 Å². The van der Waals surface area contributed by atoms with Crippen LogP contribution in [0.15, 0.2) is 42.6 Å². The molecule has 1 unspecified atom stereocenters. The number of anilines is 1. The van der Waals surface area contributed by atoms with E-state index in [-0.39, 0.29) is 0 Å². The third-order valence-electron chi connectivity index (χ3n) is 4.81. The van der Waals surface area contributed by atoms with E-state index in [1.54, 1.807) is 0 Å². The maximum absolute atomic E-state index is 4.17. The van der Waals surface area contributed by atoms with Gasteiger partial charge in [-0.25, -0.2) is 0 Å². The highest BCUT2D eigenvalue weighted by Crippen LogP contribution is 2.40. The van der Waals surface area contributed by atoms with Crippen molar-refractivity contribution >= 4 is 22.4 Å². The number of allylic oxidation sites excluding steroid dienone is 1. The Morgan fingerprint density at radius 1 is 1.13 bits per heavy atom. The first-order chi connectivity index (χ1) is 11.1. The largest absolute Gasteiger partial charge is 0.345 e. The fraction of sp³-hybridized carbons (Fsp3) is 0.524. The first-order valence-corrected chi connectivity index (χ1v) is 9.98. The van der Waals surface area contributed by atoms with E-state index in [4.69, 9.17) is 0 Å². The molecule has 1 aliphatic rings. The topological polar surface area (TPSA) is 3.24 Å². The van der Waals surface area contributed by atoms with Crippen molar-refractivity contribution in [3.05, 3.63) is 48.2 Å². The molecule has 1 nitrogen and oxygen atoms in total. The van der Waals surface area contributed by atoms with E-state index >= 15 is 0 Å². The Morgan fingerprint density at radius 3 is 2.65 bits per heavy atom. The van der Waals surface area contributed by atoms with Gasteiger partial charge in [0, 0.05) is 28.9 Å².